The third kappa shape index (κ3) is 1.74. The Morgan fingerprint density at radius 3 is 2.87 bits per heavy atom. The molecule has 15 heavy (non-hydrogen) atoms. The van der Waals surface area contributed by atoms with E-state index >= 15 is 0 Å². The van der Waals surface area contributed by atoms with Crippen LogP contribution >= 0.6 is 0 Å². The van der Waals surface area contributed by atoms with E-state index in [1.807, 2.05) is 6.92 Å². The van der Waals surface area contributed by atoms with Crippen molar-refractivity contribution in [2.24, 2.45) is 5.73 Å². The zero-order valence-electron chi connectivity index (χ0n) is 8.84. The van der Waals surface area contributed by atoms with E-state index in [9.17, 15) is 4.79 Å². The minimum atomic E-state index is -0.166. The van der Waals surface area contributed by atoms with Crippen LogP contribution in [0.15, 0.2) is 6.20 Å². The lowest BCUT2D eigenvalue weighted by Gasteiger charge is -2.41. The van der Waals surface area contributed by atoms with Gasteiger partial charge in [-0.1, -0.05) is 0 Å². The first-order valence-corrected chi connectivity index (χ1v) is 5.19. The number of hydrogen-bond donors (Lipinski definition) is 3. The molecular formula is C10H16N4O. The van der Waals surface area contributed by atoms with Crippen molar-refractivity contribution >= 4 is 5.91 Å². The molecule has 1 aliphatic rings. The number of carbonyl (C=O) groups is 1. The summed E-state index contributed by atoms with van der Waals surface area (Å²) in [5, 5.41) is 9.57. The number of hydrogen-bond acceptors (Lipinski definition) is 3. The van der Waals surface area contributed by atoms with Gasteiger partial charge in [0.1, 0.15) is 0 Å². The molecule has 0 saturated heterocycles. The first kappa shape index (κ1) is 10.2. The topological polar surface area (TPSA) is 83.8 Å². The summed E-state index contributed by atoms with van der Waals surface area (Å²) >= 11 is 0. The molecule has 1 amide bonds. The van der Waals surface area contributed by atoms with Gasteiger partial charge in [0, 0.05) is 12.2 Å². The molecule has 0 unspecified atom stereocenters. The fourth-order valence-corrected chi connectivity index (χ4v) is 1.87. The number of nitrogens with two attached hydrogens (primary N) is 1. The second kappa shape index (κ2) is 3.66. The van der Waals surface area contributed by atoms with Crippen molar-refractivity contribution in [2.45, 2.75) is 31.7 Å². The van der Waals surface area contributed by atoms with E-state index in [-0.39, 0.29) is 11.4 Å². The Balaban J connectivity index is 2.07. The van der Waals surface area contributed by atoms with Gasteiger partial charge in [0.05, 0.1) is 17.3 Å². The Morgan fingerprint density at radius 2 is 2.47 bits per heavy atom. The van der Waals surface area contributed by atoms with Crippen LogP contribution in [0.3, 0.4) is 0 Å². The van der Waals surface area contributed by atoms with Crippen LogP contribution in [0.5, 0.6) is 0 Å². The Kier molecular flexibility index (Phi) is 2.48. The van der Waals surface area contributed by atoms with Crippen LogP contribution in [0.25, 0.3) is 0 Å². The Hall–Kier alpha value is -1.36. The molecule has 2 rings (SSSR count). The van der Waals surface area contributed by atoms with Gasteiger partial charge in [0.15, 0.2) is 0 Å². The van der Waals surface area contributed by atoms with Gasteiger partial charge < -0.3 is 11.1 Å². The second-order valence-electron chi connectivity index (χ2n) is 4.20. The van der Waals surface area contributed by atoms with Crippen LogP contribution in [0.2, 0.25) is 0 Å². The summed E-state index contributed by atoms with van der Waals surface area (Å²) in [7, 11) is 0. The first-order chi connectivity index (χ1) is 7.17. The van der Waals surface area contributed by atoms with E-state index in [1.54, 1.807) is 6.20 Å². The maximum Gasteiger partial charge on any atom is 0.255 e. The van der Waals surface area contributed by atoms with Crippen LogP contribution in [0.1, 0.15) is 35.3 Å². The molecular weight excluding hydrogens is 192 g/mol. The van der Waals surface area contributed by atoms with Gasteiger partial charge in [0.2, 0.25) is 0 Å². The number of nitrogens with one attached hydrogen (secondary N) is 2. The van der Waals surface area contributed by atoms with Gasteiger partial charge in [-0.3, -0.25) is 9.89 Å². The highest BCUT2D eigenvalue weighted by atomic mass is 16.1. The van der Waals surface area contributed by atoms with E-state index < -0.39 is 0 Å². The number of rotatable bonds is 3. The standard InChI is InChI=1S/C10H16N4O/c1-7-8(5-12-14-7)9(15)13-10(6-11)3-2-4-10/h5H,2-4,6,11H2,1H3,(H,12,14)(H,13,15). The fraction of sp³-hybridized carbons (Fsp3) is 0.600. The summed E-state index contributed by atoms with van der Waals surface area (Å²) in [5.74, 6) is -0.0774. The third-order valence-electron chi connectivity index (χ3n) is 3.15. The highest BCUT2D eigenvalue weighted by Gasteiger charge is 2.37. The summed E-state index contributed by atoms with van der Waals surface area (Å²) in [6.07, 6.45) is 4.65. The highest BCUT2D eigenvalue weighted by Crippen LogP contribution is 2.30. The summed E-state index contributed by atoms with van der Waals surface area (Å²) in [4.78, 5) is 11.9. The lowest BCUT2D eigenvalue weighted by molar-refractivity contribution is 0.0837. The molecule has 5 nitrogen and oxygen atoms in total. The summed E-state index contributed by atoms with van der Waals surface area (Å²) in [6.45, 7) is 2.34. The number of amides is 1. The van der Waals surface area contributed by atoms with Crippen LogP contribution in [0.4, 0.5) is 0 Å². The average Bonchev–Trinajstić information content (AvgIpc) is 2.58. The molecule has 0 radical (unpaired) electrons. The normalized spacial score (nSPS) is 18.3. The predicted octanol–water partition coefficient (Wildman–Crippen LogP) is 0.329. The summed E-state index contributed by atoms with van der Waals surface area (Å²) in [5.41, 5.74) is 6.90. The van der Waals surface area contributed by atoms with Crippen LogP contribution in [-0.2, 0) is 0 Å². The van der Waals surface area contributed by atoms with Crippen molar-refractivity contribution in [3.05, 3.63) is 17.5 Å². The fourth-order valence-electron chi connectivity index (χ4n) is 1.87. The number of aromatic nitrogens is 2. The highest BCUT2D eigenvalue weighted by molar-refractivity contribution is 5.95. The molecule has 82 valence electrons. The van der Waals surface area contributed by atoms with E-state index in [1.165, 1.54) is 0 Å². The zero-order valence-corrected chi connectivity index (χ0v) is 8.84. The van der Waals surface area contributed by atoms with Gasteiger partial charge in [-0.2, -0.15) is 5.10 Å². The molecule has 0 bridgehead atoms. The molecule has 1 aromatic heterocycles. The first-order valence-electron chi connectivity index (χ1n) is 5.19. The largest absolute Gasteiger partial charge is 0.345 e. The zero-order chi connectivity index (χ0) is 10.9. The number of carbonyl (C=O) groups excluding carboxylic acids is 1. The molecule has 0 atom stereocenters. The van der Waals surface area contributed by atoms with E-state index in [2.05, 4.69) is 15.5 Å². The van der Waals surface area contributed by atoms with Gasteiger partial charge in [-0.15, -0.1) is 0 Å². The van der Waals surface area contributed by atoms with Crippen molar-refractivity contribution in [3.63, 3.8) is 0 Å². The summed E-state index contributed by atoms with van der Waals surface area (Å²) in [6, 6.07) is 0. The smallest absolute Gasteiger partial charge is 0.255 e. The molecule has 5 heteroatoms. The lowest BCUT2D eigenvalue weighted by Crippen LogP contribution is -2.58. The van der Waals surface area contributed by atoms with E-state index in [0.29, 0.717) is 12.1 Å². The van der Waals surface area contributed by atoms with Gasteiger partial charge in [-0.05, 0) is 26.2 Å². The Morgan fingerprint density at radius 1 is 1.73 bits per heavy atom. The molecule has 0 spiro atoms. The summed E-state index contributed by atoms with van der Waals surface area (Å²) < 4.78 is 0. The van der Waals surface area contributed by atoms with Gasteiger partial charge in [-0.25, -0.2) is 0 Å². The predicted molar refractivity (Wildman–Crippen MR) is 56.4 cm³/mol. The number of aryl methyl sites for hydroxylation is 1. The monoisotopic (exact) mass is 208 g/mol. The minimum absolute atomic E-state index is 0.0774. The van der Waals surface area contributed by atoms with Gasteiger partial charge >= 0.3 is 0 Å². The molecule has 0 aromatic carbocycles. The molecule has 1 heterocycles. The SMILES string of the molecule is Cc1[nH]ncc1C(=O)NC1(CN)CCC1. The Labute approximate surface area is 88.4 Å². The molecule has 1 saturated carbocycles. The third-order valence-corrected chi connectivity index (χ3v) is 3.15. The minimum Gasteiger partial charge on any atom is -0.345 e. The van der Waals surface area contributed by atoms with Crippen molar-refractivity contribution < 1.29 is 4.79 Å². The van der Waals surface area contributed by atoms with Gasteiger partial charge in [0.25, 0.3) is 5.91 Å². The molecule has 1 aromatic rings. The van der Waals surface area contributed by atoms with Crippen LogP contribution in [-0.4, -0.2) is 28.2 Å². The lowest BCUT2D eigenvalue weighted by atomic mass is 9.76. The Bertz CT molecular complexity index is 362. The molecule has 1 fully saturated rings. The number of H-pyrrole nitrogens is 1. The molecule has 1 aliphatic carbocycles. The maximum absolute atomic E-state index is 11.9. The quantitative estimate of drug-likeness (QED) is 0.669. The van der Waals surface area contributed by atoms with Crippen LogP contribution < -0.4 is 11.1 Å². The van der Waals surface area contributed by atoms with E-state index in [0.717, 1.165) is 25.0 Å². The average molecular weight is 208 g/mol. The number of aromatic amines is 1. The van der Waals surface area contributed by atoms with Crippen molar-refractivity contribution in [1.82, 2.24) is 15.5 Å². The van der Waals surface area contributed by atoms with Crippen LogP contribution in [0, 0.1) is 6.92 Å². The molecule has 0 aliphatic heterocycles. The van der Waals surface area contributed by atoms with Crippen molar-refractivity contribution in [3.8, 4) is 0 Å². The second-order valence-corrected chi connectivity index (χ2v) is 4.20. The molecule has 4 N–H and O–H groups in total. The van der Waals surface area contributed by atoms with Crippen molar-refractivity contribution in [2.75, 3.05) is 6.54 Å². The van der Waals surface area contributed by atoms with Crippen molar-refractivity contribution in [1.29, 1.82) is 0 Å². The van der Waals surface area contributed by atoms with E-state index in [4.69, 9.17) is 5.73 Å². The maximum atomic E-state index is 11.9. The number of nitrogens with zero attached hydrogens (tertiary/aromatic N) is 1.